The minimum atomic E-state index is -0.577. The Hall–Kier alpha value is -2.48. The molecule has 0 unspecified atom stereocenters. The molecule has 1 aromatic carbocycles. The lowest BCUT2D eigenvalue weighted by atomic mass is 10.2. The molecule has 0 spiro atoms. The lowest BCUT2D eigenvalue weighted by molar-refractivity contribution is -0.119. The third-order valence-corrected chi connectivity index (χ3v) is 4.08. The molecule has 1 aromatic heterocycles. The molecule has 3 N–H and O–H groups in total. The van der Waals surface area contributed by atoms with Crippen molar-refractivity contribution in [3.05, 3.63) is 46.8 Å². The summed E-state index contributed by atoms with van der Waals surface area (Å²) in [5.74, 6) is 0.445. The number of thioether (sulfide) groups is 1. The first kappa shape index (κ1) is 16.9. The minimum absolute atomic E-state index is 0.0937. The lowest BCUT2D eigenvalue weighted by Gasteiger charge is -2.08. The van der Waals surface area contributed by atoms with Crippen LogP contribution in [-0.2, 0) is 10.5 Å². The standard InChI is InChI=1S/C15H17N3O4S/c1-9-12(10(2)22-18-9)7-23-8-14(20)16-17-15(21)11-5-3-4-6-13(11)19/h3-6,19H,7-8H2,1-2H3,(H,16,20)(H,17,21). The van der Waals surface area contributed by atoms with Crippen molar-refractivity contribution < 1.29 is 19.2 Å². The zero-order chi connectivity index (χ0) is 16.8. The van der Waals surface area contributed by atoms with Crippen LogP contribution in [0.2, 0.25) is 0 Å². The number of rotatable bonds is 5. The molecular weight excluding hydrogens is 318 g/mol. The van der Waals surface area contributed by atoms with Gasteiger partial charge >= 0.3 is 0 Å². The van der Waals surface area contributed by atoms with E-state index in [-0.39, 0.29) is 23.0 Å². The van der Waals surface area contributed by atoms with Crippen molar-refractivity contribution in [2.75, 3.05) is 5.75 Å². The van der Waals surface area contributed by atoms with Gasteiger partial charge in [0.1, 0.15) is 11.5 Å². The summed E-state index contributed by atoms with van der Waals surface area (Å²) >= 11 is 1.39. The van der Waals surface area contributed by atoms with Crippen LogP contribution >= 0.6 is 11.8 Å². The van der Waals surface area contributed by atoms with Crippen molar-refractivity contribution in [1.82, 2.24) is 16.0 Å². The van der Waals surface area contributed by atoms with Gasteiger partial charge in [-0.15, -0.1) is 11.8 Å². The fourth-order valence-electron chi connectivity index (χ4n) is 1.85. The number of aryl methyl sites for hydroxylation is 2. The molecule has 1 heterocycles. The molecule has 2 aromatic rings. The number of aromatic nitrogens is 1. The Morgan fingerprint density at radius 2 is 2.00 bits per heavy atom. The monoisotopic (exact) mass is 335 g/mol. The van der Waals surface area contributed by atoms with Gasteiger partial charge in [0, 0.05) is 11.3 Å². The number of aromatic hydroxyl groups is 1. The minimum Gasteiger partial charge on any atom is -0.507 e. The second kappa shape index (κ2) is 7.68. The first-order chi connectivity index (χ1) is 11.0. The third-order valence-electron chi connectivity index (χ3n) is 3.12. The highest BCUT2D eigenvalue weighted by Gasteiger charge is 2.12. The van der Waals surface area contributed by atoms with E-state index >= 15 is 0 Å². The normalized spacial score (nSPS) is 10.3. The topological polar surface area (TPSA) is 104 Å². The van der Waals surface area contributed by atoms with Crippen molar-refractivity contribution in [2.24, 2.45) is 0 Å². The Labute approximate surface area is 137 Å². The van der Waals surface area contributed by atoms with Gasteiger partial charge in [-0.25, -0.2) is 0 Å². The number of phenols is 1. The highest BCUT2D eigenvalue weighted by atomic mass is 32.2. The molecule has 0 saturated heterocycles. The highest BCUT2D eigenvalue weighted by Crippen LogP contribution is 2.19. The Kier molecular flexibility index (Phi) is 5.64. The number of hydrogen-bond donors (Lipinski definition) is 3. The van der Waals surface area contributed by atoms with Crippen LogP contribution < -0.4 is 10.9 Å². The van der Waals surface area contributed by atoms with Crippen LogP contribution in [0.4, 0.5) is 0 Å². The summed E-state index contributed by atoms with van der Waals surface area (Å²) in [6.07, 6.45) is 0. The molecular formula is C15H17N3O4S. The Morgan fingerprint density at radius 3 is 2.65 bits per heavy atom. The Bertz CT molecular complexity index is 695. The van der Waals surface area contributed by atoms with Crippen LogP contribution in [0.25, 0.3) is 0 Å². The number of amides is 2. The first-order valence-electron chi connectivity index (χ1n) is 6.85. The van der Waals surface area contributed by atoms with Crippen LogP contribution in [0, 0.1) is 13.8 Å². The SMILES string of the molecule is Cc1noc(C)c1CSCC(=O)NNC(=O)c1ccccc1O. The molecule has 0 atom stereocenters. The highest BCUT2D eigenvalue weighted by molar-refractivity contribution is 7.99. The molecule has 0 fully saturated rings. The van der Waals surface area contributed by atoms with E-state index in [1.165, 1.54) is 23.9 Å². The van der Waals surface area contributed by atoms with Crippen molar-refractivity contribution in [3.63, 3.8) is 0 Å². The number of carbonyl (C=O) groups excluding carboxylic acids is 2. The molecule has 23 heavy (non-hydrogen) atoms. The number of hydrogen-bond acceptors (Lipinski definition) is 6. The van der Waals surface area contributed by atoms with Gasteiger partial charge in [-0.1, -0.05) is 17.3 Å². The van der Waals surface area contributed by atoms with E-state index in [0.29, 0.717) is 5.75 Å². The first-order valence-corrected chi connectivity index (χ1v) is 8.01. The molecule has 0 aliphatic heterocycles. The maximum Gasteiger partial charge on any atom is 0.273 e. The molecule has 8 heteroatoms. The smallest absolute Gasteiger partial charge is 0.273 e. The second-order valence-electron chi connectivity index (χ2n) is 4.81. The molecule has 0 aliphatic carbocycles. The van der Waals surface area contributed by atoms with E-state index in [9.17, 15) is 14.7 Å². The molecule has 2 rings (SSSR count). The van der Waals surface area contributed by atoms with Crippen LogP contribution in [0.3, 0.4) is 0 Å². The van der Waals surface area contributed by atoms with Crippen LogP contribution in [0.5, 0.6) is 5.75 Å². The summed E-state index contributed by atoms with van der Waals surface area (Å²) in [5, 5.41) is 13.4. The van der Waals surface area contributed by atoms with E-state index in [1.54, 1.807) is 12.1 Å². The predicted molar refractivity (Wildman–Crippen MR) is 85.9 cm³/mol. The number of benzene rings is 1. The van der Waals surface area contributed by atoms with E-state index in [2.05, 4.69) is 16.0 Å². The van der Waals surface area contributed by atoms with Gasteiger partial charge in [-0.3, -0.25) is 20.4 Å². The quantitative estimate of drug-likeness (QED) is 0.718. The molecule has 0 bridgehead atoms. The molecule has 0 aliphatic rings. The van der Waals surface area contributed by atoms with Gasteiger partial charge in [-0.05, 0) is 26.0 Å². The van der Waals surface area contributed by atoms with Gasteiger partial charge in [-0.2, -0.15) is 0 Å². The van der Waals surface area contributed by atoms with Gasteiger partial charge < -0.3 is 9.63 Å². The molecule has 7 nitrogen and oxygen atoms in total. The second-order valence-corrected chi connectivity index (χ2v) is 5.80. The lowest BCUT2D eigenvalue weighted by Crippen LogP contribution is -2.42. The largest absolute Gasteiger partial charge is 0.507 e. The van der Waals surface area contributed by atoms with Crippen molar-refractivity contribution in [3.8, 4) is 5.75 Å². The van der Waals surface area contributed by atoms with Gasteiger partial charge in [0.2, 0.25) is 5.91 Å². The molecule has 0 saturated carbocycles. The van der Waals surface area contributed by atoms with E-state index in [1.807, 2.05) is 13.8 Å². The Balaban J connectivity index is 1.75. The number of hydrazine groups is 1. The van der Waals surface area contributed by atoms with Crippen LogP contribution in [0.15, 0.2) is 28.8 Å². The number of carbonyl (C=O) groups is 2. The van der Waals surface area contributed by atoms with Crippen molar-refractivity contribution >= 4 is 23.6 Å². The average molecular weight is 335 g/mol. The van der Waals surface area contributed by atoms with Gasteiger partial charge in [0.05, 0.1) is 17.0 Å². The van der Waals surface area contributed by atoms with E-state index < -0.39 is 5.91 Å². The number of para-hydroxylation sites is 1. The summed E-state index contributed by atoms with van der Waals surface area (Å²) in [4.78, 5) is 23.5. The van der Waals surface area contributed by atoms with Crippen molar-refractivity contribution in [2.45, 2.75) is 19.6 Å². The zero-order valence-electron chi connectivity index (χ0n) is 12.8. The molecule has 122 valence electrons. The fraction of sp³-hybridized carbons (Fsp3) is 0.267. The summed E-state index contributed by atoms with van der Waals surface area (Å²) in [5.41, 5.74) is 6.45. The van der Waals surface area contributed by atoms with E-state index in [0.717, 1.165) is 17.0 Å². The Morgan fingerprint density at radius 1 is 1.26 bits per heavy atom. The summed E-state index contributed by atoms with van der Waals surface area (Å²) in [6, 6.07) is 6.09. The van der Waals surface area contributed by atoms with Crippen LogP contribution in [-0.4, -0.2) is 27.8 Å². The van der Waals surface area contributed by atoms with Crippen LogP contribution in [0.1, 0.15) is 27.4 Å². The zero-order valence-corrected chi connectivity index (χ0v) is 13.6. The number of phenolic OH excluding ortho intramolecular Hbond substituents is 1. The fourth-order valence-corrected chi connectivity index (χ4v) is 2.83. The van der Waals surface area contributed by atoms with Gasteiger partial charge in [0.15, 0.2) is 0 Å². The average Bonchev–Trinajstić information content (AvgIpc) is 2.85. The van der Waals surface area contributed by atoms with Gasteiger partial charge in [0.25, 0.3) is 5.91 Å². The maximum absolute atomic E-state index is 11.8. The van der Waals surface area contributed by atoms with E-state index in [4.69, 9.17) is 4.52 Å². The number of nitrogens with one attached hydrogen (secondary N) is 2. The summed E-state index contributed by atoms with van der Waals surface area (Å²) in [6.45, 7) is 3.67. The number of nitrogens with zero attached hydrogens (tertiary/aromatic N) is 1. The van der Waals surface area contributed by atoms with Crippen molar-refractivity contribution in [1.29, 1.82) is 0 Å². The summed E-state index contributed by atoms with van der Waals surface area (Å²) in [7, 11) is 0. The molecule has 2 amide bonds. The molecule has 0 radical (unpaired) electrons. The maximum atomic E-state index is 11.8. The predicted octanol–water partition coefficient (Wildman–Crippen LogP) is 1.69. The summed E-state index contributed by atoms with van der Waals surface area (Å²) < 4.78 is 5.05. The third kappa shape index (κ3) is 4.49.